The number of nitrogens with zero attached hydrogens (tertiary/aromatic N) is 1. The highest BCUT2D eigenvalue weighted by Crippen LogP contribution is 2.20. The van der Waals surface area contributed by atoms with Gasteiger partial charge in [-0.15, -0.1) is 11.3 Å². The smallest absolute Gasteiger partial charge is 0.280 e. The van der Waals surface area contributed by atoms with Crippen LogP contribution in [0.1, 0.15) is 0 Å². The van der Waals surface area contributed by atoms with Crippen LogP contribution in [-0.2, 0) is 0 Å². The van der Waals surface area contributed by atoms with Crippen LogP contribution in [0, 0.1) is 0 Å². The number of nitrogens with one attached hydrogen (secondary N) is 1. The van der Waals surface area contributed by atoms with Crippen molar-refractivity contribution in [2.45, 2.75) is 0 Å². The molecule has 12 heavy (non-hydrogen) atoms. The van der Waals surface area contributed by atoms with Gasteiger partial charge in [0.1, 0.15) is 5.69 Å². The van der Waals surface area contributed by atoms with Crippen LogP contribution in [0.5, 0.6) is 0 Å². The monoisotopic (exact) mass is 183 g/mol. The molecule has 0 radical (unpaired) electrons. The molecule has 0 aliphatic carbocycles. The van der Waals surface area contributed by atoms with E-state index >= 15 is 0 Å². The molecule has 0 bridgehead atoms. The molecule has 0 saturated heterocycles. The molecule has 2 heterocycles. The SMILES string of the molecule is Nc1nc(-c2cc(=O)[nH]o2)cs1. The van der Waals surface area contributed by atoms with Crippen LogP contribution in [0.2, 0.25) is 0 Å². The van der Waals surface area contributed by atoms with Gasteiger partial charge in [0.15, 0.2) is 10.9 Å². The Morgan fingerprint density at radius 2 is 2.50 bits per heavy atom. The molecular weight excluding hydrogens is 178 g/mol. The van der Waals surface area contributed by atoms with Gasteiger partial charge < -0.3 is 10.3 Å². The van der Waals surface area contributed by atoms with Gasteiger partial charge in [0.05, 0.1) is 6.07 Å². The first-order valence-corrected chi connectivity index (χ1v) is 4.03. The molecule has 0 amide bonds. The first-order chi connectivity index (χ1) is 5.75. The Labute approximate surface area is 70.8 Å². The van der Waals surface area contributed by atoms with Gasteiger partial charge in [0.2, 0.25) is 0 Å². The van der Waals surface area contributed by atoms with Crippen molar-refractivity contribution in [1.29, 1.82) is 0 Å². The standard InChI is InChI=1S/C6H5N3O2S/c7-6-8-3(2-12-6)4-1-5(10)9-11-4/h1-2H,(H2,7,8)(H,9,10). The van der Waals surface area contributed by atoms with Gasteiger partial charge in [-0.1, -0.05) is 0 Å². The number of H-pyrrole nitrogens is 1. The number of anilines is 1. The Morgan fingerprint density at radius 1 is 1.67 bits per heavy atom. The molecule has 5 nitrogen and oxygen atoms in total. The summed E-state index contributed by atoms with van der Waals surface area (Å²) in [4.78, 5) is 14.6. The van der Waals surface area contributed by atoms with Gasteiger partial charge in [-0.05, 0) is 0 Å². The first-order valence-electron chi connectivity index (χ1n) is 3.15. The summed E-state index contributed by atoms with van der Waals surface area (Å²) in [5, 5.41) is 4.35. The van der Waals surface area contributed by atoms with Gasteiger partial charge in [-0.2, -0.15) is 5.16 Å². The maximum Gasteiger partial charge on any atom is 0.280 e. The summed E-state index contributed by atoms with van der Waals surface area (Å²) >= 11 is 1.30. The van der Waals surface area contributed by atoms with Crippen LogP contribution in [0.4, 0.5) is 5.13 Å². The maximum absolute atomic E-state index is 10.7. The third kappa shape index (κ3) is 1.12. The number of hydrogen-bond acceptors (Lipinski definition) is 5. The summed E-state index contributed by atoms with van der Waals surface area (Å²) < 4.78 is 4.81. The summed E-state index contributed by atoms with van der Waals surface area (Å²) in [6, 6.07) is 1.33. The molecular formula is C6H5N3O2S. The van der Waals surface area contributed by atoms with E-state index in [2.05, 4.69) is 10.1 Å². The summed E-state index contributed by atoms with van der Waals surface area (Å²) in [6.07, 6.45) is 0. The fourth-order valence-corrected chi connectivity index (χ4v) is 1.36. The number of nitrogen functional groups attached to an aromatic ring is 1. The zero-order chi connectivity index (χ0) is 8.55. The average Bonchev–Trinajstić information content (AvgIpc) is 2.58. The topological polar surface area (TPSA) is 84.9 Å². The second-order valence-corrected chi connectivity index (χ2v) is 3.04. The van der Waals surface area contributed by atoms with Gasteiger partial charge in [-0.3, -0.25) is 4.79 Å². The number of nitrogens with two attached hydrogens (primary N) is 1. The van der Waals surface area contributed by atoms with Crippen molar-refractivity contribution in [2.75, 3.05) is 5.73 Å². The Morgan fingerprint density at radius 3 is 3.00 bits per heavy atom. The number of aromatic nitrogens is 2. The van der Waals surface area contributed by atoms with Crippen LogP contribution in [0.15, 0.2) is 20.8 Å². The van der Waals surface area contributed by atoms with E-state index in [9.17, 15) is 4.79 Å². The lowest BCUT2D eigenvalue weighted by molar-refractivity contribution is 0.425. The molecule has 2 aromatic rings. The third-order valence-electron chi connectivity index (χ3n) is 1.30. The largest absolute Gasteiger partial charge is 0.377 e. The fourth-order valence-electron chi connectivity index (χ4n) is 0.810. The zero-order valence-corrected chi connectivity index (χ0v) is 6.72. The Hall–Kier alpha value is -1.56. The highest BCUT2D eigenvalue weighted by Gasteiger charge is 2.06. The van der Waals surface area contributed by atoms with Crippen molar-refractivity contribution < 1.29 is 4.52 Å². The van der Waals surface area contributed by atoms with Gasteiger partial charge in [-0.25, -0.2) is 4.98 Å². The predicted octanol–water partition coefficient (Wildman–Crippen LogP) is 0.674. The molecule has 0 aromatic carbocycles. The molecule has 2 rings (SSSR count). The van der Waals surface area contributed by atoms with Crippen LogP contribution >= 0.6 is 11.3 Å². The highest BCUT2D eigenvalue weighted by atomic mass is 32.1. The minimum Gasteiger partial charge on any atom is -0.377 e. The normalized spacial score (nSPS) is 10.3. The van der Waals surface area contributed by atoms with Crippen molar-refractivity contribution >= 4 is 16.5 Å². The van der Waals surface area contributed by atoms with E-state index in [0.717, 1.165) is 0 Å². The van der Waals surface area contributed by atoms with Crippen LogP contribution < -0.4 is 11.3 Å². The van der Waals surface area contributed by atoms with Crippen LogP contribution in [-0.4, -0.2) is 10.1 Å². The lowest BCUT2D eigenvalue weighted by atomic mass is 10.4. The number of rotatable bonds is 1. The quantitative estimate of drug-likeness (QED) is 0.680. The Kier molecular flexibility index (Phi) is 1.47. The fraction of sp³-hybridized carbons (Fsp3) is 0. The molecule has 62 valence electrons. The van der Waals surface area contributed by atoms with E-state index < -0.39 is 0 Å². The van der Waals surface area contributed by atoms with E-state index in [1.165, 1.54) is 17.4 Å². The maximum atomic E-state index is 10.7. The van der Waals surface area contributed by atoms with Crippen molar-refractivity contribution in [1.82, 2.24) is 10.1 Å². The molecule has 0 fully saturated rings. The Balaban J connectivity index is 2.50. The molecule has 0 atom stereocenters. The molecule has 2 aromatic heterocycles. The second kappa shape index (κ2) is 2.49. The van der Waals surface area contributed by atoms with E-state index in [1.807, 2.05) is 0 Å². The highest BCUT2D eigenvalue weighted by molar-refractivity contribution is 7.13. The number of aromatic amines is 1. The summed E-state index contributed by atoms with van der Waals surface area (Å²) in [5.74, 6) is 0.410. The second-order valence-electron chi connectivity index (χ2n) is 2.15. The summed E-state index contributed by atoms with van der Waals surface area (Å²) in [7, 11) is 0. The van der Waals surface area contributed by atoms with Crippen molar-refractivity contribution in [3.8, 4) is 11.5 Å². The number of hydrogen-bond donors (Lipinski definition) is 2. The molecule has 6 heteroatoms. The van der Waals surface area contributed by atoms with E-state index in [-0.39, 0.29) is 5.56 Å². The average molecular weight is 183 g/mol. The predicted molar refractivity (Wildman–Crippen MR) is 44.8 cm³/mol. The zero-order valence-electron chi connectivity index (χ0n) is 5.90. The minimum atomic E-state index is -0.281. The molecule has 0 aliphatic heterocycles. The molecule has 0 aliphatic rings. The van der Waals surface area contributed by atoms with E-state index in [1.54, 1.807) is 5.38 Å². The van der Waals surface area contributed by atoms with Gasteiger partial charge in [0, 0.05) is 5.38 Å². The summed E-state index contributed by atoms with van der Waals surface area (Å²) in [5.41, 5.74) is 5.70. The molecule has 3 N–H and O–H groups in total. The van der Waals surface area contributed by atoms with E-state index in [4.69, 9.17) is 10.3 Å². The van der Waals surface area contributed by atoms with E-state index in [0.29, 0.717) is 16.6 Å². The van der Waals surface area contributed by atoms with Crippen LogP contribution in [0.3, 0.4) is 0 Å². The third-order valence-corrected chi connectivity index (χ3v) is 1.97. The van der Waals surface area contributed by atoms with Crippen LogP contribution in [0.25, 0.3) is 11.5 Å². The lowest BCUT2D eigenvalue weighted by Gasteiger charge is -1.82. The first kappa shape index (κ1) is 7.11. The van der Waals surface area contributed by atoms with Crippen molar-refractivity contribution in [3.05, 3.63) is 21.8 Å². The summed E-state index contributed by atoms with van der Waals surface area (Å²) in [6.45, 7) is 0. The molecule has 0 unspecified atom stereocenters. The van der Waals surface area contributed by atoms with Gasteiger partial charge in [0.25, 0.3) is 5.56 Å². The molecule has 0 saturated carbocycles. The van der Waals surface area contributed by atoms with Gasteiger partial charge >= 0.3 is 0 Å². The van der Waals surface area contributed by atoms with Crippen molar-refractivity contribution in [3.63, 3.8) is 0 Å². The Bertz CT molecular complexity index is 441. The lowest BCUT2D eigenvalue weighted by Crippen LogP contribution is -1.92. The molecule has 0 spiro atoms. The minimum absolute atomic E-state index is 0.281. The number of thiazole rings is 1. The van der Waals surface area contributed by atoms with Crippen molar-refractivity contribution in [2.24, 2.45) is 0 Å².